The van der Waals surface area contributed by atoms with Gasteiger partial charge in [-0.2, -0.15) is 5.10 Å². The molecular formula is C13H24N2O2. The molecule has 0 N–H and O–H groups in total. The van der Waals surface area contributed by atoms with Gasteiger partial charge in [0.2, 0.25) is 0 Å². The van der Waals surface area contributed by atoms with Crippen LogP contribution in [0.2, 0.25) is 0 Å². The van der Waals surface area contributed by atoms with Gasteiger partial charge in [-0.1, -0.05) is 13.8 Å². The monoisotopic (exact) mass is 240 g/mol. The van der Waals surface area contributed by atoms with Crippen LogP contribution in [0.5, 0.6) is 0 Å². The zero-order valence-electron chi connectivity index (χ0n) is 11.4. The molecule has 0 saturated heterocycles. The molecule has 4 nitrogen and oxygen atoms in total. The van der Waals surface area contributed by atoms with Crippen molar-refractivity contribution in [3.05, 3.63) is 17.5 Å². The summed E-state index contributed by atoms with van der Waals surface area (Å²) in [4.78, 5) is 0. The molecule has 0 amide bonds. The van der Waals surface area contributed by atoms with Crippen LogP contribution in [0.1, 0.15) is 39.1 Å². The molecule has 0 aliphatic rings. The number of aryl methyl sites for hydroxylation is 2. The van der Waals surface area contributed by atoms with Gasteiger partial charge >= 0.3 is 0 Å². The quantitative estimate of drug-likeness (QED) is 0.655. The summed E-state index contributed by atoms with van der Waals surface area (Å²) in [5.41, 5.74) is 2.37. The molecule has 0 radical (unpaired) electrons. The van der Waals surface area contributed by atoms with Crippen LogP contribution in [0.15, 0.2) is 6.07 Å². The van der Waals surface area contributed by atoms with Crippen molar-refractivity contribution >= 4 is 0 Å². The van der Waals surface area contributed by atoms with Gasteiger partial charge in [-0.3, -0.25) is 4.68 Å². The number of aromatic nitrogens is 2. The number of hydrogen-bond donors (Lipinski definition) is 0. The highest BCUT2D eigenvalue weighted by molar-refractivity contribution is 5.10. The molecule has 17 heavy (non-hydrogen) atoms. The third kappa shape index (κ3) is 4.13. The minimum atomic E-state index is -0.195. The molecule has 0 bridgehead atoms. The van der Waals surface area contributed by atoms with E-state index in [4.69, 9.17) is 9.47 Å². The topological polar surface area (TPSA) is 36.3 Å². The summed E-state index contributed by atoms with van der Waals surface area (Å²) < 4.78 is 13.1. The highest BCUT2D eigenvalue weighted by Crippen LogP contribution is 2.09. The molecule has 0 aliphatic carbocycles. The second kappa shape index (κ2) is 7.45. The van der Waals surface area contributed by atoms with Crippen LogP contribution in [-0.4, -0.2) is 29.3 Å². The summed E-state index contributed by atoms with van der Waals surface area (Å²) in [5, 5.41) is 4.56. The first-order chi connectivity index (χ1) is 8.24. The van der Waals surface area contributed by atoms with Gasteiger partial charge in [0.05, 0.1) is 12.2 Å². The Labute approximate surface area is 104 Å². The molecule has 0 atom stereocenters. The second-order valence-corrected chi connectivity index (χ2v) is 3.86. The summed E-state index contributed by atoms with van der Waals surface area (Å²) in [5.74, 6) is 0. The molecule has 0 aromatic carbocycles. The van der Waals surface area contributed by atoms with E-state index in [0.717, 1.165) is 18.5 Å². The first kappa shape index (κ1) is 14.2. The molecule has 0 saturated carbocycles. The summed E-state index contributed by atoms with van der Waals surface area (Å²) >= 11 is 0. The zero-order chi connectivity index (χ0) is 12.7. The third-order valence-corrected chi connectivity index (χ3v) is 2.67. The fourth-order valence-electron chi connectivity index (χ4n) is 1.80. The summed E-state index contributed by atoms with van der Waals surface area (Å²) in [6.07, 6.45) is 1.76. The number of hydrogen-bond acceptors (Lipinski definition) is 3. The van der Waals surface area contributed by atoms with E-state index >= 15 is 0 Å². The van der Waals surface area contributed by atoms with E-state index in [9.17, 15) is 0 Å². The Hall–Kier alpha value is -0.870. The zero-order valence-corrected chi connectivity index (χ0v) is 11.4. The highest BCUT2D eigenvalue weighted by Gasteiger charge is 2.12. The van der Waals surface area contributed by atoms with Crippen LogP contribution in [0.4, 0.5) is 0 Å². The van der Waals surface area contributed by atoms with Crippen molar-refractivity contribution in [3.8, 4) is 0 Å². The van der Waals surface area contributed by atoms with E-state index in [0.29, 0.717) is 19.8 Å². The Balaban J connectivity index is 2.72. The largest absolute Gasteiger partial charge is 0.351 e. The normalized spacial score (nSPS) is 11.4. The van der Waals surface area contributed by atoms with Crippen molar-refractivity contribution in [2.45, 2.75) is 53.4 Å². The molecule has 1 rings (SSSR count). The highest BCUT2D eigenvalue weighted by atomic mass is 16.7. The minimum Gasteiger partial charge on any atom is -0.351 e. The molecule has 4 heteroatoms. The van der Waals surface area contributed by atoms with Crippen molar-refractivity contribution in [3.63, 3.8) is 0 Å². The Morgan fingerprint density at radius 1 is 1.12 bits per heavy atom. The van der Waals surface area contributed by atoms with Crippen LogP contribution in [0, 0.1) is 0 Å². The van der Waals surface area contributed by atoms with E-state index in [2.05, 4.69) is 25.0 Å². The van der Waals surface area contributed by atoms with Gasteiger partial charge in [-0.25, -0.2) is 0 Å². The van der Waals surface area contributed by atoms with E-state index in [-0.39, 0.29) is 6.29 Å². The number of ether oxygens (including phenoxy) is 2. The Bertz CT molecular complexity index is 317. The molecular weight excluding hydrogens is 216 g/mol. The maximum absolute atomic E-state index is 5.55. The van der Waals surface area contributed by atoms with Crippen molar-refractivity contribution in [2.24, 2.45) is 0 Å². The predicted molar refractivity (Wildman–Crippen MR) is 68.0 cm³/mol. The maximum atomic E-state index is 5.55. The smallest absolute Gasteiger partial charge is 0.176 e. The van der Waals surface area contributed by atoms with Crippen molar-refractivity contribution in [2.75, 3.05) is 13.2 Å². The summed E-state index contributed by atoms with van der Waals surface area (Å²) in [6.45, 7) is 10.2. The van der Waals surface area contributed by atoms with Crippen LogP contribution in [0.3, 0.4) is 0 Å². The first-order valence-corrected chi connectivity index (χ1v) is 6.53. The van der Waals surface area contributed by atoms with Crippen molar-refractivity contribution in [1.82, 2.24) is 9.78 Å². The van der Waals surface area contributed by atoms with E-state index in [1.807, 2.05) is 18.5 Å². The number of rotatable bonds is 8. The molecule has 0 spiro atoms. The van der Waals surface area contributed by atoms with Crippen LogP contribution in [0.25, 0.3) is 0 Å². The number of nitrogens with zero attached hydrogens (tertiary/aromatic N) is 2. The average Bonchev–Trinajstić information content (AvgIpc) is 2.72. The standard InChI is InChI=1S/C13H24N2O2/c1-5-11-9-12(6-2)15(14-11)10-13(16-7-3)17-8-4/h9,13H,5-8,10H2,1-4H3. The predicted octanol–water partition coefficient (Wildman–Crippen LogP) is 2.41. The van der Waals surface area contributed by atoms with Crippen LogP contribution < -0.4 is 0 Å². The lowest BCUT2D eigenvalue weighted by molar-refractivity contribution is -0.145. The molecule has 98 valence electrons. The van der Waals surface area contributed by atoms with Gasteiger partial charge in [0.15, 0.2) is 6.29 Å². The summed E-state index contributed by atoms with van der Waals surface area (Å²) in [7, 11) is 0. The second-order valence-electron chi connectivity index (χ2n) is 3.86. The van der Waals surface area contributed by atoms with Crippen molar-refractivity contribution in [1.29, 1.82) is 0 Å². The van der Waals surface area contributed by atoms with Crippen LogP contribution in [-0.2, 0) is 28.9 Å². The van der Waals surface area contributed by atoms with E-state index < -0.39 is 0 Å². The van der Waals surface area contributed by atoms with Gasteiger partial charge in [-0.15, -0.1) is 0 Å². The fourth-order valence-corrected chi connectivity index (χ4v) is 1.80. The molecule has 1 heterocycles. The Morgan fingerprint density at radius 3 is 2.24 bits per heavy atom. The van der Waals surface area contributed by atoms with Gasteiger partial charge < -0.3 is 9.47 Å². The van der Waals surface area contributed by atoms with E-state index in [1.54, 1.807) is 0 Å². The summed E-state index contributed by atoms with van der Waals surface area (Å²) in [6, 6.07) is 2.16. The molecule has 0 fully saturated rings. The molecule has 1 aromatic heterocycles. The lowest BCUT2D eigenvalue weighted by Crippen LogP contribution is -2.25. The third-order valence-electron chi connectivity index (χ3n) is 2.67. The van der Waals surface area contributed by atoms with Gasteiger partial charge in [-0.05, 0) is 32.8 Å². The van der Waals surface area contributed by atoms with Gasteiger partial charge in [0.1, 0.15) is 0 Å². The minimum absolute atomic E-state index is 0.195. The lowest BCUT2D eigenvalue weighted by Gasteiger charge is -2.18. The van der Waals surface area contributed by atoms with E-state index in [1.165, 1.54) is 5.69 Å². The van der Waals surface area contributed by atoms with Gasteiger partial charge in [0.25, 0.3) is 0 Å². The van der Waals surface area contributed by atoms with Gasteiger partial charge in [0, 0.05) is 18.9 Å². The van der Waals surface area contributed by atoms with Crippen molar-refractivity contribution < 1.29 is 9.47 Å². The average molecular weight is 240 g/mol. The SMILES string of the molecule is CCOC(Cn1nc(CC)cc1CC)OCC. The Kier molecular flexibility index (Phi) is 6.22. The lowest BCUT2D eigenvalue weighted by atomic mass is 10.2. The van der Waals surface area contributed by atoms with Crippen LogP contribution >= 0.6 is 0 Å². The maximum Gasteiger partial charge on any atom is 0.176 e. The first-order valence-electron chi connectivity index (χ1n) is 6.53. The molecule has 0 aliphatic heterocycles. The molecule has 1 aromatic rings. The Morgan fingerprint density at radius 2 is 1.76 bits per heavy atom. The fraction of sp³-hybridized carbons (Fsp3) is 0.769. The molecule has 0 unspecified atom stereocenters.